The lowest BCUT2D eigenvalue weighted by molar-refractivity contribution is -0.150. The second-order valence-corrected chi connectivity index (χ2v) is 7.50. The summed E-state index contributed by atoms with van der Waals surface area (Å²) in [5, 5.41) is 9.15. The molecule has 5 fully saturated rings. The van der Waals surface area contributed by atoms with E-state index in [0.29, 0.717) is 12.5 Å². The van der Waals surface area contributed by atoms with Gasteiger partial charge < -0.3 is 4.90 Å². The lowest BCUT2D eigenvalue weighted by Crippen LogP contribution is -2.61. The Bertz CT molecular complexity index is 411. The first kappa shape index (κ1) is 11.8. The van der Waals surface area contributed by atoms with E-state index in [1.165, 1.54) is 38.5 Å². The summed E-state index contributed by atoms with van der Waals surface area (Å²) in [6.07, 6.45) is 9.80. The molecule has 102 valence electrons. The SMILES string of the molecule is N#CCN(C(=O)C1CC1)C12CC3CC(CC(C3)C1)C2. The van der Waals surface area contributed by atoms with E-state index in [2.05, 4.69) is 6.07 Å². The molecule has 5 saturated carbocycles. The largest absolute Gasteiger partial charge is 0.323 e. The quantitative estimate of drug-likeness (QED) is 0.731. The molecule has 3 nitrogen and oxygen atoms in total. The Labute approximate surface area is 115 Å². The minimum atomic E-state index is 0.0736. The molecule has 5 aliphatic rings. The fraction of sp³-hybridized carbons (Fsp3) is 0.875. The molecule has 0 saturated heterocycles. The van der Waals surface area contributed by atoms with Gasteiger partial charge in [-0.05, 0) is 69.1 Å². The fourth-order valence-corrected chi connectivity index (χ4v) is 5.50. The number of nitriles is 1. The number of hydrogen-bond donors (Lipinski definition) is 0. The van der Waals surface area contributed by atoms with Crippen molar-refractivity contribution in [3.05, 3.63) is 0 Å². The molecule has 0 heterocycles. The van der Waals surface area contributed by atoms with Crippen molar-refractivity contribution in [2.75, 3.05) is 6.54 Å². The Morgan fingerprint density at radius 2 is 1.63 bits per heavy atom. The van der Waals surface area contributed by atoms with Crippen molar-refractivity contribution >= 4 is 5.91 Å². The molecule has 19 heavy (non-hydrogen) atoms. The third kappa shape index (κ3) is 1.80. The molecule has 0 aromatic rings. The van der Waals surface area contributed by atoms with Crippen LogP contribution in [0.2, 0.25) is 0 Å². The Morgan fingerprint density at radius 1 is 1.11 bits per heavy atom. The minimum absolute atomic E-state index is 0.0736. The third-order valence-electron chi connectivity index (χ3n) is 6.00. The van der Waals surface area contributed by atoms with Gasteiger partial charge in [-0.3, -0.25) is 4.79 Å². The topological polar surface area (TPSA) is 44.1 Å². The molecule has 5 aliphatic carbocycles. The number of amides is 1. The van der Waals surface area contributed by atoms with E-state index in [9.17, 15) is 4.79 Å². The van der Waals surface area contributed by atoms with Crippen molar-refractivity contribution in [2.24, 2.45) is 23.7 Å². The van der Waals surface area contributed by atoms with Crippen molar-refractivity contribution in [3.8, 4) is 6.07 Å². The molecule has 0 aromatic carbocycles. The van der Waals surface area contributed by atoms with Gasteiger partial charge in [0.05, 0.1) is 6.07 Å². The van der Waals surface area contributed by atoms with Crippen LogP contribution in [0, 0.1) is 35.0 Å². The van der Waals surface area contributed by atoms with Crippen LogP contribution >= 0.6 is 0 Å². The Balaban J connectivity index is 1.64. The first-order valence-electron chi connectivity index (χ1n) is 7.88. The highest BCUT2D eigenvalue weighted by Crippen LogP contribution is 2.58. The summed E-state index contributed by atoms with van der Waals surface area (Å²) in [6.45, 7) is 0.321. The zero-order chi connectivity index (χ0) is 13.0. The number of hydrogen-bond acceptors (Lipinski definition) is 2. The van der Waals surface area contributed by atoms with Gasteiger partial charge in [0.25, 0.3) is 0 Å². The molecule has 1 amide bonds. The first-order chi connectivity index (χ1) is 9.20. The number of nitrogens with zero attached hydrogens (tertiary/aromatic N) is 2. The molecular formula is C16H22N2O. The maximum atomic E-state index is 12.6. The van der Waals surface area contributed by atoms with E-state index in [-0.39, 0.29) is 11.5 Å². The zero-order valence-corrected chi connectivity index (χ0v) is 11.5. The fourth-order valence-electron chi connectivity index (χ4n) is 5.50. The summed E-state index contributed by atoms with van der Waals surface area (Å²) in [7, 11) is 0. The van der Waals surface area contributed by atoms with E-state index in [1.807, 2.05) is 4.90 Å². The number of carbonyl (C=O) groups is 1. The van der Waals surface area contributed by atoms with Crippen LogP contribution in [-0.4, -0.2) is 22.9 Å². The van der Waals surface area contributed by atoms with Crippen LogP contribution in [0.5, 0.6) is 0 Å². The molecule has 3 heteroatoms. The summed E-state index contributed by atoms with van der Waals surface area (Å²) < 4.78 is 0. The van der Waals surface area contributed by atoms with E-state index < -0.39 is 0 Å². The Kier molecular flexibility index (Phi) is 2.46. The van der Waals surface area contributed by atoms with Crippen LogP contribution in [0.1, 0.15) is 51.4 Å². The average molecular weight is 258 g/mol. The standard InChI is InChI=1S/C16H22N2O/c17-3-4-18(15(19)14-1-2-14)16-8-11-5-12(9-16)7-13(6-11)10-16/h11-14H,1-2,4-10H2. The molecule has 0 unspecified atom stereocenters. The van der Waals surface area contributed by atoms with Gasteiger partial charge in [-0.2, -0.15) is 5.26 Å². The molecule has 4 bridgehead atoms. The van der Waals surface area contributed by atoms with E-state index >= 15 is 0 Å². The van der Waals surface area contributed by atoms with E-state index in [1.54, 1.807) is 0 Å². The summed E-state index contributed by atoms with van der Waals surface area (Å²) in [5.41, 5.74) is 0.0736. The van der Waals surface area contributed by atoms with Crippen LogP contribution in [0.4, 0.5) is 0 Å². The van der Waals surface area contributed by atoms with Crippen molar-refractivity contribution in [1.29, 1.82) is 5.26 Å². The van der Waals surface area contributed by atoms with Gasteiger partial charge in [-0.1, -0.05) is 0 Å². The highest BCUT2D eigenvalue weighted by Gasteiger charge is 2.55. The second kappa shape index (κ2) is 3.98. The van der Waals surface area contributed by atoms with Gasteiger partial charge in [0, 0.05) is 11.5 Å². The molecule has 0 aliphatic heterocycles. The average Bonchev–Trinajstić information content (AvgIpc) is 3.17. The monoisotopic (exact) mass is 258 g/mol. The normalized spacial score (nSPS) is 43.0. The van der Waals surface area contributed by atoms with Gasteiger partial charge in [0.1, 0.15) is 6.54 Å². The number of rotatable bonds is 3. The van der Waals surface area contributed by atoms with Crippen LogP contribution in [0.3, 0.4) is 0 Å². The van der Waals surface area contributed by atoms with Crippen LogP contribution < -0.4 is 0 Å². The molecule has 5 rings (SSSR count). The van der Waals surface area contributed by atoms with Gasteiger partial charge in [0.2, 0.25) is 5.91 Å². The summed E-state index contributed by atoms with van der Waals surface area (Å²) in [5.74, 6) is 3.04. The summed E-state index contributed by atoms with van der Waals surface area (Å²) >= 11 is 0. The molecule has 0 radical (unpaired) electrons. The van der Waals surface area contributed by atoms with Gasteiger partial charge in [0.15, 0.2) is 0 Å². The number of carbonyl (C=O) groups excluding carboxylic acids is 1. The van der Waals surface area contributed by atoms with Gasteiger partial charge >= 0.3 is 0 Å². The molecular weight excluding hydrogens is 236 g/mol. The van der Waals surface area contributed by atoms with Gasteiger partial charge in [-0.25, -0.2) is 0 Å². The van der Waals surface area contributed by atoms with Crippen LogP contribution in [0.15, 0.2) is 0 Å². The van der Waals surface area contributed by atoms with Gasteiger partial charge in [-0.15, -0.1) is 0 Å². The summed E-state index contributed by atoms with van der Waals surface area (Å²) in [4.78, 5) is 14.6. The smallest absolute Gasteiger partial charge is 0.227 e. The Hall–Kier alpha value is -1.04. The Morgan fingerprint density at radius 3 is 2.05 bits per heavy atom. The maximum absolute atomic E-state index is 12.6. The van der Waals surface area contributed by atoms with E-state index in [4.69, 9.17) is 5.26 Å². The first-order valence-corrected chi connectivity index (χ1v) is 7.88. The third-order valence-corrected chi connectivity index (χ3v) is 6.00. The molecule has 0 N–H and O–H groups in total. The van der Waals surface area contributed by atoms with Crippen molar-refractivity contribution in [3.63, 3.8) is 0 Å². The van der Waals surface area contributed by atoms with Crippen molar-refractivity contribution in [1.82, 2.24) is 4.90 Å². The molecule has 0 spiro atoms. The predicted octanol–water partition coefficient (Wildman–Crippen LogP) is 2.72. The van der Waals surface area contributed by atoms with Crippen LogP contribution in [-0.2, 0) is 4.79 Å². The highest BCUT2D eigenvalue weighted by molar-refractivity contribution is 5.82. The van der Waals surface area contributed by atoms with E-state index in [0.717, 1.165) is 30.6 Å². The lowest BCUT2D eigenvalue weighted by Gasteiger charge is -2.60. The molecule has 0 atom stereocenters. The van der Waals surface area contributed by atoms with Crippen molar-refractivity contribution in [2.45, 2.75) is 56.9 Å². The lowest BCUT2D eigenvalue weighted by atomic mass is 9.52. The van der Waals surface area contributed by atoms with Crippen molar-refractivity contribution < 1.29 is 4.79 Å². The minimum Gasteiger partial charge on any atom is -0.323 e. The van der Waals surface area contributed by atoms with Crippen LogP contribution in [0.25, 0.3) is 0 Å². The maximum Gasteiger partial charge on any atom is 0.227 e. The second-order valence-electron chi connectivity index (χ2n) is 7.50. The summed E-state index contributed by atoms with van der Waals surface area (Å²) in [6, 6.07) is 2.26. The molecule has 0 aromatic heterocycles. The zero-order valence-electron chi connectivity index (χ0n) is 11.5. The predicted molar refractivity (Wildman–Crippen MR) is 71.0 cm³/mol. The highest BCUT2D eigenvalue weighted by atomic mass is 16.2.